The number of likely N-dealkylation sites (N-methyl/N-ethyl adjacent to an activating group) is 1. The van der Waals surface area contributed by atoms with Gasteiger partial charge in [-0.05, 0) is 61.8 Å². The van der Waals surface area contributed by atoms with Gasteiger partial charge in [0.15, 0.2) is 0 Å². The van der Waals surface area contributed by atoms with Gasteiger partial charge in [0.25, 0.3) is 0 Å². The highest BCUT2D eigenvalue weighted by atomic mass is 15.0. The van der Waals surface area contributed by atoms with Crippen molar-refractivity contribution in [2.24, 2.45) is 29.1 Å². The summed E-state index contributed by atoms with van der Waals surface area (Å²) in [7, 11) is 2.04. The summed E-state index contributed by atoms with van der Waals surface area (Å²) >= 11 is 0. The van der Waals surface area contributed by atoms with Crippen LogP contribution in [-0.4, -0.2) is 26.2 Å². The van der Waals surface area contributed by atoms with E-state index in [4.69, 9.17) is 0 Å². The third-order valence-electron chi connectivity index (χ3n) is 6.22. The Morgan fingerprint density at radius 3 is 2.73 bits per heavy atom. The van der Waals surface area contributed by atoms with Crippen molar-refractivity contribution < 1.29 is 0 Å². The topological polar surface area (TPSA) is 24.1 Å². The van der Waals surface area contributed by atoms with Crippen LogP contribution >= 0.6 is 0 Å². The second-order valence-corrected chi connectivity index (χ2v) is 6.37. The minimum absolute atomic E-state index is 0.891. The first kappa shape index (κ1) is 9.00. The SMILES string of the molecule is CNCCNC1C2CC3CC4CC1C34C2. The van der Waals surface area contributed by atoms with Crippen molar-refractivity contribution in [3.8, 4) is 0 Å². The van der Waals surface area contributed by atoms with E-state index in [1.807, 2.05) is 7.05 Å². The molecule has 0 aromatic carbocycles. The standard InChI is InChI=1S/C13H22N2/c1-14-2-3-15-12-8-4-9-5-10-6-11(12)13(9,10)7-8/h8-12,14-15H,2-7H2,1H3. The van der Waals surface area contributed by atoms with Crippen LogP contribution in [0, 0.1) is 29.1 Å². The molecule has 4 saturated carbocycles. The van der Waals surface area contributed by atoms with Gasteiger partial charge in [0.05, 0.1) is 0 Å². The predicted molar refractivity (Wildman–Crippen MR) is 60.6 cm³/mol. The summed E-state index contributed by atoms with van der Waals surface area (Å²) in [5, 5.41) is 7.05. The number of fused-ring (bicyclic) bond motifs is 1. The Morgan fingerprint density at radius 1 is 1.13 bits per heavy atom. The van der Waals surface area contributed by atoms with E-state index in [-0.39, 0.29) is 0 Å². The third kappa shape index (κ3) is 0.861. The Hall–Kier alpha value is -0.0800. The molecule has 2 nitrogen and oxygen atoms in total. The highest BCUT2D eigenvalue weighted by Crippen LogP contribution is 2.81. The lowest BCUT2D eigenvalue weighted by Gasteiger charge is -2.67. The van der Waals surface area contributed by atoms with Gasteiger partial charge in [-0.2, -0.15) is 0 Å². The lowest BCUT2D eigenvalue weighted by molar-refractivity contribution is -0.183. The molecule has 4 fully saturated rings. The van der Waals surface area contributed by atoms with E-state index in [0.29, 0.717) is 0 Å². The number of hydrogen-bond donors (Lipinski definition) is 2. The first-order valence-electron chi connectivity index (χ1n) is 6.74. The Morgan fingerprint density at radius 2 is 2.00 bits per heavy atom. The molecule has 0 radical (unpaired) electrons. The Kier molecular flexibility index (Phi) is 1.67. The van der Waals surface area contributed by atoms with Gasteiger partial charge < -0.3 is 10.6 Å². The molecule has 0 amide bonds. The third-order valence-corrected chi connectivity index (χ3v) is 6.22. The predicted octanol–water partition coefficient (Wildman–Crippen LogP) is 1.23. The molecule has 2 N–H and O–H groups in total. The fourth-order valence-corrected chi connectivity index (χ4v) is 5.70. The maximum atomic E-state index is 3.82. The highest BCUT2D eigenvalue weighted by Gasteiger charge is 2.76. The number of hydrogen-bond acceptors (Lipinski definition) is 2. The van der Waals surface area contributed by atoms with Gasteiger partial charge in [-0.25, -0.2) is 0 Å². The summed E-state index contributed by atoms with van der Waals surface area (Å²) in [6.45, 7) is 2.29. The zero-order chi connectivity index (χ0) is 10.0. The van der Waals surface area contributed by atoms with Gasteiger partial charge in [0, 0.05) is 19.1 Å². The van der Waals surface area contributed by atoms with Gasteiger partial charge in [-0.3, -0.25) is 0 Å². The van der Waals surface area contributed by atoms with Crippen LogP contribution in [-0.2, 0) is 0 Å². The van der Waals surface area contributed by atoms with Crippen LogP contribution in [0.2, 0.25) is 0 Å². The summed E-state index contributed by atoms with van der Waals surface area (Å²) in [5.74, 6) is 4.45. The molecular weight excluding hydrogens is 184 g/mol. The first-order valence-corrected chi connectivity index (χ1v) is 6.74. The second kappa shape index (κ2) is 2.78. The summed E-state index contributed by atoms with van der Waals surface area (Å²) in [4.78, 5) is 0. The summed E-state index contributed by atoms with van der Waals surface area (Å²) in [5.41, 5.74) is 0.891. The molecule has 4 aliphatic carbocycles. The molecular formula is C13H22N2. The molecule has 6 atom stereocenters. The number of nitrogens with one attached hydrogen (secondary N) is 2. The fourth-order valence-electron chi connectivity index (χ4n) is 5.70. The van der Waals surface area contributed by atoms with E-state index in [1.54, 1.807) is 25.7 Å². The first-order chi connectivity index (χ1) is 7.36. The van der Waals surface area contributed by atoms with E-state index < -0.39 is 0 Å². The second-order valence-electron chi connectivity index (χ2n) is 6.37. The number of rotatable bonds is 4. The summed E-state index contributed by atoms with van der Waals surface area (Å²) < 4.78 is 0. The molecule has 84 valence electrons. The Labute approximate surface area is 92.2 Å². The van der Waals surface area contributed by atoms with E-state index in [9.17, 15) is 0 Å². The van der Waals surface area contributed by atoms with E-state index >= 15 is 0 Å². The molecule has 0 aromatic rings. The average Bonchev–Trinajstić information content (AvgIpc) is 2.69. The van der Waals surface area contributed by atoms with Crippen molar-refractivity contribution in [2.45, 2.75) is 31.7 Å². The smallest absolute Gasteiger partial charge is 0.0130 e. The molecule has 0 heterocycles. The largest absolute Gasteiger partial charge is 0.318 e. The van der Waals surface area contributed by atoms with Crippen LogP contribution < -0.4 is 10.6 Å². The van der Waals surface area contributed by atoms with Crippen molar-refractivity contribution in [3.05, 3.63) is 0 Å². The lowest BCUT2D eigenvalue weighted by atomic mass is 9.38. The molecule has 0 saturated heterocycles. The van der Waals surface area contributed by atoms with Gasteiger partial charge in [-0.1, -0.05) is 0 Å². The van der Waals surface area contributed by atoms with Crippen molar-refractivity contribution in [1.29, 1.82) is 0 Å². The minimum atomic E-state index is 0.891. The highest BCUT2D eigenvalue weighted by molar-refractivity contribution is 5.26. The van der Waals surface area contributed by atoms with Gasteiger partial charge in [-0.15, -0.1) is 0 Å². The van der Waals surface area contributed by atoms with E-state index in [0.717, 1.165) is 41.7 Å². The van der Waals surface area contributed by atoms with Crippen LogP contribution in [0.15, 0.2) is 0 Å². The quantitative estimate of drug-likeness (QED) is 0.676. The normalized spacial score (nSPS) is 58.6. The van der Waals surface area contributed by atoms with Crippen molar-refractivity contribution >= 4 is 0 Å². The van der Waals surface area contributed by atoms with Crippen LogP contribution in [0.4, 0.5) is 0 Å². The Bertz CT molecular complexity index is 290. The maximum absolute atomic E-state index is 3.82. The van der Waals surface area contributed by atoms with Crippen molar-refractivity contribution in [3.63, 3.8) is 0 Å². The maximum Gasteiger partial charge on any atom is 0.0130 e. The van der Waals surface area contributed by atoms with Gasteiger partial charge in [0.2, 0.25) is 0 Å². The zero-order valence-electron chi connectivity index (χ0n) is 9.63. The van der Waals surface area contributed by atoms with Crippen LogP contribution in [0.3, 0.4) is 0 Å². The van der Waals surface area contributed by atoms with Crippen LogP contribution in [0.5, 0.6) is 0 Å². The average molecular weight is 206 g/mol. The fraction of sp³-hybridized carbons (Fsp3) is 1.00. The van der Waals surface area contributed by atoms with Gasteiger partial charge in [0.1, 0.15) is 0 Å². The molecule has 0 aromatic heterocycles. The monoisotopic (exact) mass is 206 g/mol. The van der Waals surface area contributed by atoms with Gasteiger partial charge >= 0.3 is 0 Å². The van der Waals surface area contributed by atoms with E-state index in [1.165, 1.54) is 6.54 Å². The van der Waals surface area contributed by atoms with E-state index in [2.05, 4.69) is 10.6 Å². The Balaban J connectivity index is 1.46. The summed E-state index contributed by atoms with van der Waals surface area (Å²) in [6.07, 6.45) is 6.30. The van der Waals surface area contributed by atoms with Crippen LogP contribution in [0.25, 0.3) is 0 Å². The lowest BCUT2D eigenvalue weighted by Crippen LogP contribution is -2.64. The molecule has 0 aliphatic heterocycles. The molecule has 15 heavy (non-hydrogen) atoms. The van der Waals surface area contributed by atoms with Crippen LogP contribution in [0.1, 0.15) is 25.7 Å². The molecule has 2 bridgehead atoms. The summed E-state index contributed by atoms with van der Waals surface area (Å²) in [6, 6.07) is 0.895. The molecule has 2 heteroatoms. The molecule has 1 spiro atoms. The minimum Gasteiger partial charge on any atom is -0.318 e. The molecule has 4 rings (SSSR count). The molecule has 6 unspecified atom stereocenters. The van der Waals surface area contributed by atoms with Crippen molar-refractivity contribution in [2.75, 3.05) is 20.1 Å². The molecule has 4 aliphatic rings. The van der Waals surface area contributed by atoms with Crippen molar-refractivity contribution in [1.82, 2.24) is 10.6 Å². The zero-order valence-corrected chi connectivity index (χ0v) is 9.63.